The van der Waals surface area contributed by atoms with E-state index < -0.39 is 17.0 Å². The van der Waals surface area contributed by atoms with Gasteiger partial charge >= 0.3 is 0 Å². The van der Waals surface area contributed by atoms with Crippen molar-refractivity contribution in [2.45, 2.75) is 6.92 Å². The fourth-order valence-electron chi connectivity index (χ4n) is 1.94. The highest BCUT2D eigenvalue weighted by molar-refractivity contribution is 5.98. The number of carbonyl (C=O) groups is 1. The number of ether oxygens (including phenoxy) is 1. The Kier molecular flexibility index (Phi) is 4.66. The highest BCUT2D eigenvalue weighted by Gasteiger charge is 2.18. The van der Waals surface area contributed by atoms with Gasteiger partial charge in [0.1, 0.15) is 5.82 Å². The largest absolute Gasteiger partial charge is 0.595 e. The Hall–Kier alpha value is -2.55. The topological polar surface area (TPSA) is 90.2 Å². The summed E-state index contributed by atoms with van der Waals surface area (Å²) in [6.07, 6.45) is 1.27. The molecule has 0 saturated carbocycles. The lowest BCUT2D eigenvalue weighted by atomic mass is 10.2. The number of amides is 1. The summed E-state index contributed by atoms with van der Waals surface area (Å²) < 4.78 is 18.6. The van der Waals surface area contributed by atoms with Crippen molar-refractivity contribution >= 4 is 23.1 Å². The molecule has 2 rings (SSSR count). The molecule has 0 fully saturated rings. The molecule has 0 saturated heterocycles. The minimum absolute atomic E-state index is 0.0229. The third kappa shape index (κ3) is 3.19. The van der Waals surface area contributed by atoms with Crippen molar-refractivity contribution < 1.29 is 24.4 Å². The second-order valence-corrected chi connectivity index (χ2v) is 4.38. The van der Waals surface area contributed by atoms with E-state index in [-0.39, 0.29) is 22.9 Å². The number of methoxy groups -OCH3 is 1. The maximum absolute atomic E-state index is 13.8. The summed E-state index contributed by atoms with van der Waals surface area (Å²) in [5, 5.41) is 18.9. The van der Waals surface area contributed by atoms with Crippen LogP contribution in [0.15, 0.2) is 36.5 Å². The van der Waals surface area contributed by atoms with Gasteiger partial charge in [-0.3, -0.25) is 9.69 Å². The molecule has 116 valence electrons. The quantitative estimate of drug-likeness (QED) is 0.831. The maximum atomic E-state index is 13.8. The number of hydrogen-bond donors (Lipinski definition) is 2. The number of anilines is 2. The van der Waals surface area contributed by atoms with Crippen LogP contribution in [0.25, 0.3) is 0 Å². The van der Waals surface area contributed by atoms with Gasteiger partial charge < -0.3 is 9.94 Å². The van der Waals surface area contributed by atoms with Crippen LogP contribution in [0, 0.1) is 11.0 Å². The summed E-state index contributed by atoms with van der Waals surface area (Å²) in [6.45, 7) is 1.28. The number of nitrogens with one attached hydrogen (secondary N) is 1. The van der Waals surface area contributed by atoms with Crippen molar-refractivity contribution in [2.75, 3.05) is 12.0 Å². The van der Waals surface area contributed by atoms with Gasteiger partial charge in [0, 0.05) is 31.3 Å². The zero-order chi connectivity index (χ0) is 16.3. The van der Waals surface area contributed by atoms with E-state index in [1.807, 2.05) is 0 Å². The molecule has 1 aromatic heterocycles. The first-order valence-electron chi connectivity index (χ1n) is 6.27. The molecule has 0 aliphatic heterocycles. The third-order valence-electron chi connectivity index (χ3n) is 2.93. The molecular formula is C14H14FN3O4. The van der Waals surface area contributed by atoms with Gasteiger partial charge in [-0.15, -0.1) is 0 Å². The number of quaternary nitrogens is 1. The van der Waals surface area contributed by atoms with Gasteiger partial charge in [-0.2, -0.15) is 5.23 Å². The Bertz CT molecular complexity index is 694. The fraction of sp³-hybridized carbons (Fsp3) is 0.143. The number of hydrogen-bond acceptors (Lipinski definition) is 5. The van der Waals surface area contributed by atoms with Gasteiger partial charge in [0.25, 0.3) is 0 Å². The summed E-state index contributed by atoms with van der Waals surface area (Å²) >= 11 is 0. The Morgan fingerprint density at radius 2 is 2.14 bits per heavy atom. The monoisotopic (exact) mass is 307 g/mol. The molecule has 2 aromatic rings. The van der Waals surface area contributed by atoms with Crippen LogP contribution in [0.3, 0.4) is 0 Å². The van der Waals surface area contributed by atoms with Crippen molar-refractivity contribution in [3.63, 3.8) is 0 Å². The van der Waals surface area contributed by atoms with Crippen molar-refractivity contribution in [1.29, 1.82) is 0 Å². The maximum Gasteiger partial charge on any atom is 0.229 e. The molecule has 1 unspecified atom stereocenters. The van der Waals surface area contributed by atoms with Gasteiger partial charge in [-0.05, 0) is 12.1 Å². The molecule has 7 nitrogen and oxygen atoms in total. The summed E-state index contributed by atoms with van der Waals surface area (Å²) in [5.74, 6) is -0.934. The van der Waals surface area contributed by atoms with Crippen molar-refractivity contribution in [3.05, 3.63) is 47.6 Å². The van der Waals surface area contributed by atoms with Crippen LogP contribution >= 0.6 is 0 Å². The summed E-state index contributed by atoms with van der Waals surface area (Å²) in [5.41, 5.74) is 0.200. The number of pyridine rings is 1. The lowest BCUT2D eigenvalue weighted by Gasteiger charge is -2.21. The van der Waals surface area contributed by atoms with Gasteiger partial charge in [0.15, 0.2) is 17.3 Å². The van der Waals surface area contributed by atoms with Crippen molar-refractivity contribution in [2.24, 2.45) is 0 Å². The molecule has 1 atom stereocenters. The Balaban J connectivity index is 2.49. The Morgan fingerprint density at radius 3 is 2.68 bits per heavy atom. The first kappa shape index (κ1) is 15.8. The zero-order valence-electron chi connectivity index (χ0n) is 11.9. The minimum atomic E-state index is -1.15. The molecule has 8 heteroatoms. The lowest BCUT2D eigenvalue weighted by molar-refractivity contribution is -0.991. The van der Waals surface area contributed by atoms with E-state index in [0.717, 1.165) is 11.0 Å². The SMILES string of the molecule is COc1ccc(N(C(C)=O)c2cc([NH+]([O-])O)ccn2)cc1F. The number of halogens is 1. The normalized spacial score (nSPS) is 11.9. The van der Waals surface area contributed by atoms with E-state index >= 15 is 0 Å². The van der Waals surface area contributed by atoms with E-state index in [9.17, 15) is 14.4 Å². The molecule has 0 spiro atoms. The smallest absolute Gasteiger partial charge is 0.229 e. The Morgan fingerprint density at radius 1 is 1.41 bits per heavy atom. The number of carbonyl (C=O) groups excluding carboxylic acids is 1. The van der Waals surface area contributed by atoms with E-state index in [1.54, 1.807) is 0 Å². The molecular weight excluding hydrogens is 293 g/mol. The predicted octanol–water partition coefficient (Wildman–Crippen LogP) is 1.32. The molecule has 22 heavy (non-hydrogen) atoms. The highest BCUT2D eigenvalue weighted by atomic mass is 19.1. The van der Waals surface area contributed by atoms with Crippen LogP contribution in [-0.2, 0) is 4.79 Å². The fourth-order valence-corrected chi connectivity index (χ4v) is 1.94. The van der Waals surface area contributed by atoms with Crippen molar-refractivity contribution in [1.82, 2.24) is 4.98 Å². The second kappa shape index (κ2) is 6.48. The average molecular weight is 307 g/mol. The molecule has 2 N–H and O–H groups in total. The summed E-state index contributed by atoms with van der Waals surface area (Å²) in [4.78, 5) is 17.0. The lowest BCUT2D eigenvalue weighted by Crippen LogP contribution is -2.99. The molecule has 0 aliphatic carbocycles. The number of benzene rings is 1. The predicted molar refractivity (Wildman–Crippen MR) is 75.8 cm³/mol. The van der Waals surface area contributed by atoms with Crippen LogP contribution in [-0.4, -0.2) is 23.2 Å². The minimum Gasteiger partial charge on any atom is -0.595 e. The molecule has 1 aromatic carbocycles. The van der Waals surface area contributed by atoms with Gasteiger partial charge in [-0.25, -0.2) is 14.6 Å². The Labute approximate surface area is 125 Å². The van der Waals surface area contributed by atoms with E-state index in [1.165, 1.54) is 44.5 Å². The van der Waals surface area contributed by atoms with Gasteiger partial charge in [0.05, 0.1) is 12.8 Å². The highest BCUT2D eigenvalue weighted by Crippen LogP contribution is 2.29. The summed E-state index contributed by atoms with van der Waals surface area (Å²) in [6, 6.07) is 6.53. The third-order valence-corrected chi connectivity index (χ3v) is 2.93. The van der Waals surface area contributed by atoms with E-state index in [2.05, 4.69) is 4.98 Å². The van der Waals surface area contributed by atoms with Crippen molar-refractivity contribution in [3.8, 4) is 5.75 Å². The van der Waals surface area contributed by atoms with E-state index in [0.29, 0.717) is 0 Å². The number of rotatable bonds is 4. The van der Waals surface area contributed by atoms with Crippen LogP contribution in [0.4, 0.5) is 21.6 Å². The molecule has 1 heterocycles. The molecule has 0 radical (unpaired) electrons. The average Bonchev–Trinajstić information content (AvgIpc) is 2.47. The van der Waals surface area contributed by atoms with Crippen LogP contribution in [0.2, 0.25) is 0 Å². The van der Waals surface area contributed by atoms with Crippen LogP contribution in [0.5, 0.6) is 5.75 Å². The second-order valence-electron chi connectivity index (χ2n) is 4.38. The molecule has 0 bridgehead atoms. The first-order chi connectivity index (χ1) is 10.4. The van der Waals surface area contributed by atoms with Gasteiger partial charge in [0.2, 0.25) is 5.91 Å². The van der Waals surface area contributed by atoms with Gasteiger partial charge in [-0.1, -0.05) is 0 Å². The zero-order valence-corrected chi connectivity index (χ0v) is 11.9. The number of aromatic nitrogens is 1. The first-order valence-corrected chi connectivity index (χ1v) is 6.27. The standard InChI is InChI=1S/C14H14FN3O4/c1-9(19)17(10-3-4-13(22-2)12(15)7-10)14-8-11(18(20)21)5-6-16-14/h3-8,18,20H,1-2H3. The van der Waals surface area contributed by atoms with Crippen LogP contribution in [0.1, 0.15) is 6.92 Å². The number of nitrogens with zero attached hydrogens (tertiary/aromatic N) is 2. The van der Waals surface area contributed by atoms with E-state index in [4.69, 9.17) is 9.94 Å². The summed E-state index contributed by atoms with van der Waals surface area (Å²) in [7, 11) is 1.33. The molecule has 1 amide bonds. The van der Waals surface area contributed by atoms with Crippen LogP contribution < -0.4 is 14.9 Å². The molecule has 0 aliphatic rings.